The molecule has 0 radical (unpaired) electrons. The minimum Gasteiger partial charge on any atom is -0.493 e. The summed E-state index contributed by atoms with van der Waals surface area (Å²) in [5.41, 5.74) is 1.11. The quantitative estimate of drug-likeness (QED) is 0.621. The van der Waals surface area contributed by atoms with Gasteiger partial charge in [0.2, 0.25) is 0 Å². The van der Waals surface area contributed by atoms with E-state index in [0.29, 0.717) is 11.5 Å². The van der Waals surface area contributed by atoms with Crippen LogP contribution in [0.1, 0.15) is 44.1 Å². The van der Waals surface area contributed by atoms with E-state index in [4.69, 9.17) is 9.47 Å². The third-order valence-corrected chi connectivity index (χ3v) is 6.14. The Morgan fingerprint density at radius 1 is 1.10 bits per heavy atom. The molecule has 5 heteroatoms. The molecule has 5 nitrogen and oxygen atoms in total. The van der Waals surface area contributed by atoms with Crippen LogP contribution in [0.3, 0.4) is 0 Å². The average Bonchev–Trinajstić information content (AvgIpc) is 2.99. The first kappa shape index (κ1) is 21.7. The third-order valence-electron chi connectivity index (χ3n) is 6.14. The molecule has 0 bridgehead atoms. The van der Waals surface area contributed by atoms with Gasteiger partial charge < -0.3 is 19.3 Å². The molecule has 1 aliphatic heterocycles. The molecule has 1 aliphatic carbocycles. The molecule has 1 saturated carbocycles. The van der Waals surface area contributed by atoms with Crippen LogP contribution in [0.5, 0.6) is 11.5 Å². The molecule has 2 aliphatic rings. The van der Waals surface area contributed by atoms with Crippen molar-refractivity contribution in [2.75, 3.05) is 46.4 Å². The van der Waals surface area contributed by atoms with Crippen molar-refractivity contribution in [3.63, 3.8) is 0 Å². The Morgan fingerprint density at radius 2 is 1.93 bits per heavy atom. The van der Waals surface area contributed by atoms with Crippen LogP contribution in [0.4, 0.5) is 0 Å². The molecular formula is C24H36N2O3. The van der Waals surface area contributed by atoms with Crippen LogP contribution in [0.2, 0.25) is 0 Å². The zero-order valence-electron chi connectivity index (χ0n) is 17.9. The lowest BCUT2D eigenvalue weighted by molar-refractivity contribution is -0.133. The summed E-state index contributed by atoms with van der Waals surface area (Å²) in [5, 5.41) is 0. The van der Waals surface area contributed by atoms with Gasteiger partial charge in [-0.05, 0) is 55.8 Å². The van der Waals surface area contributed by atoms with Crippen molar-refractivity contribution in [1.29, 1.82) is 0 Å². The van der Waals surface area contributed by atoms with Gasteiger partial charge in [0.05, 0.1) is 7.11 Å². The van der Waals surface area contributed by atoms with E-state index in [1.54, 1.807) is 7.11 Å². The fourth-order valence-electron chi connectivity index (χ4n) is 4.49. The van der Waals surface area contributed by atoms with Gasteiger partial charge in [0.25, 0.3) is 5.91 Å². The number of carbonyl (C=O) groups is 1. The molecule has 0 N–H and O–H groups in total. The standard InChI is InChI=1S/C24H36N2O3/c1-3-8-20-11-12-22(23(17-20)28-2)29-19-24(27)26-14-7-13-25(15-16-26)18-21-9-5-4-6-10-21/h3,11-12,17,21H,1,4-10,13-16,18-19H2,2H3. The van der Waals surface area contributed by atoms with Crippen LogP contribution in [-0.2, 0) is 11.2 Å². The van der Waals surface area contributed by atoms with E-state index in [1.807, 2.05) is 29.2 Å². The van der Waals surface area contributed by atoms with Crippen molar-refractivity contribution in [1.82, 2.24) is 9.80 Å². The molecule has 1 aromatic carbocycles. The molecule has 0 spiro atoms. The van der Waals surface area contributed by atoms with Crippen LogP contribution in [0, 0.1) is 5.92 Å². The molecule has 1 aromatic rings. The number of amides is 1. The zero-order chi connectivity index (χ0) is 20.5. The summed E-state index contributed by atoms with van der Waals surface area (Å²) in [6, 6.07) is 5.80. The Kier molecular flexibility index (Phi) is 8.41. The van der Waals surface area contributed by atoms with E-state index in [1.165, 1.54) is 38.6 Å². The van der Waals surface area contributed by atoms with Gasteiger partial charge in [0.15, 0.2) is 18.1 Å². The fraction of sp³-hybridized carbons (Fsp3) is 0.625. The molecule has 3 rings (SSSR count). The maximum absolute atomic E-state index is 12.7. The Morgan fingerprint density at radius 3 is 2.69 bits per heavy atom. The first-order chi connectivity index (χ1) is 14.2. The lowest BCUT2D eigenvalue weighted by Gasteiger charge is -2.28. The maximum atomic E-state index is 12.7. The lowest BCUT2D eigenvalue weighted by atomic mass is 9.89. The Balaban J connectivity index is 1.47. The summed E-state index contributed by atoms with van der Waals surface area (Å²) in [5.74, 6) is 2.18. The van der Waals surface area contributed by atoms with Gasteiger partial charge >= 0.3 is 0 Å². The molecule has 1 heterocycles. The molecule has 0 atom stereocenters. The van der Waals surface area contributed by atoms with Crippen LogP contribution in [0.25, 0.3) is 0 Å². The number of hydrogen-bond donors (Lipinski definition) is 0. The second-order valence-corrected chi connectivity index (χ2v) is 8.31. The molecule has 0 aromatic heterocycles. The largest absolute Gasteiger partial charge is 0.493 e. The predicted molar refractivity (Wildman–Crippen MR) is 117 cm³/mol. The van der Waals surface area contributed by atoms with Gasteiger partial charge in [0, 0.05) is 26.2 Å². The summed E-state index contributed by atoms with van der Waals surface area (Å²) in [7, 11) is 1.62. The number of nitrogens with zero attached hydrogens (tertiary/aromatic N) is 2. The summed E-state index contributed by atoms with van der Waals surface area (Å²) >= 11 is 0. The molecule has 1 saturated heterocycles. The number of benzene rings is 1. The molecule has 29 heavy (non-hydrogen) atoms. The molecular weight excluding hydrogens is 364 g/mol. The van der Waals surface area contributed by atoms with Gasteiger partial charge in [-0.2, -0.15) is 0 Å². The summed E-state index contributed by atoms with van der Waals surface area (Å²) < 4.78 is 11.2. The number of allylic oxidation sites excluding steroid dienone is 1. The highest BCUT2D eigenvalue weighted by Gasteiger charge is 2.22. The topological polar surface area (TPSA) is 42.0 Å². The highest BCUT2D eigenvalue weighted by atomic mass is 16.5. The zero-order valence-corrected chi connectivity index (χ0v) is 17.9. The number of methoxy groups -OCH3 is 1. The second-order valence-electron chi connectivity index (χ2n) is 8.31. The van der Waals surface area contributed by atoms with Gasteiger partial charge in [-0.3, -0.25) is 4.79 Å². The minimum atomic E-state index is 0.0553. The molecule has 1 amide bonds. The summed E-state index contributed by atoms with van der Waals surface area (Å²) in [6.07, 6.45) is 10.6. The number of rotatable bonds is 8. The van der Waals surface area contributed by atoms with Crippen molar-refractivity contribution in [3.8, 4) is 11.5 Å². The smallest absolute Gasteiger partial charge is 0.260 e. The Hall–Kier alpha value is -2.01. The summed E-state index contributed by atoms with van der Waals surface area (Å²) in [6.45, 7) is 8.71. The lowest BCUT2D eigenvalue weighted by Crippen LogP contribution is -2.39. The van der Waals surface area contributed by atoms with Gasteiger partial charge in [-0.1, -0.05) is 31.4 Å². The van der Waals surface area contributed by atoms with Gasteiger partial charge in [0.1, 0.15) is 0 Å². The third kappa shape index (κ3) is 6.49. The molecule has 0 unspecified atom stereocenters. The normalized spacial score (nSPS) is 18.9. The minimum absolute atomic E-state index is 0.0553. The van der Waals surface area contributed by atoms with Crippen molar-refractivity contribution >= 4 is 5.91 Å². The van der Waals surface area contributed by atoms with Crippen LogP contribution in [0.15, 0.2) is 30.9 Å². The highest BCUT2D eigenvalue weighted by molar-refractivity contribution is 5.78. The van der Waals surface area contributed by atoms with Crippen LogP contribution < -0.4 is 9.47 Å². The Labute approximate surface area is 175 Å². The molecule has 160 valence electrons. The van der Waals surface area contributed by atoms with Crippen LogP contribution in [-0.4, -0.2) is 62.1 Å². The average molecular weight is 401 g/mol. The van der Waals surface area contributed by atoms with E-state index in [0.717, 1.165) is 50.5 Å². The maximum Gasteiger partial charge on any atom is 0.260 e. The fourth-order valence-corrected chi connectivity index (χ4v) is 4.49. The van der Waals surface area contributed by atoms with Crippen molar-refractivity contribution in [2.45, 2.75) is 44.9 Å². The Bertz CT molecular complexity index is 670. The monoisotopic (exact) mass is 400 g/mol. The van der Waals surface area contributed by atoms with E-state index in [9.17, 15) is 4.79 Å². The van der Waals surface area contributed by atoms with E-state index < -0.39 is 0 Å². The summed E-state index contributed by atoms with van der Waals surface area (Å²) in [4.78, 5) is 17.2. The first-order valence-electron chi connectivity index (χ1n) is 11.1. The first-order valence-corrected chi connectivity index (χ1v) is 11.1. The van der Waals surface area contributed by atoms with Crippen molar-refractivity contribution in [2.24, 2.45) is 5.92 Å². The van der Waals surface area contributed by atoms with E-state index in [-0.39, 0.29) is 12.5 Å². The number of carbonyl (C=O) groups excluding carboxylic acids is 1. The van der Waals surface area contributed by atoms with Gasteiger partial charge in [-0.25, -0.2) is 0 Å². The predicted octanol–water partition coefficient (Wildman–Crippen LogP) is 3.92. The van der Waals surface area contributed by atoms with E-state index >= 15 is 0 Å². The highest BCUT2D eigenvalue weighted by Crippen LogP contribution is 2.28. The van der Waals surface area contributed by atoms with Crippen molar-refractivity contribution < 1.29 is 14.3 Å². The molecule has 2 fully saturated rings. The van der Waals surface area contributed by atoms with Crippen molar-refractivity contribution in [3.05, 3.63) is 36.4 Å². The SMILES string of the molecule is C=CCc1ccc(OCC(=O)N2CCCN(CC3CCCCC3)CC2)c(OC)c1. The number of hydrogen-bond acceptors (Lipinski definition) is 4. The van der Waals surface area contributed by atoms with Crippen LogP contribution >= 0.6 is 0 Å². The number of ether oxygens (including phenoxy) is 2. The van der Waals surface area contributed by atoms with Gasteiger partial charge in [-0.15, -0.1) is 6.58 Å². The second kappa shape index (κ2) is 11.2. The van der Waals surface area contributed by atoms with E-state index in [2.05, 4.69) is 11.5 Å².